The summed E-state index contributed by atoms with van der Waals surface area (Å²) in [6.07, 6.45) is 2.52. The van der Waals surface area contributed by atoms with Gasteiger partial charge in [-0.05, 0) is 43.9 Å². The Morgan fingerprint density at radius 2 is 2.24 bits per heavy atom. The summed E-state index contributed by atoms with van der Waals surface area (Å²) < 4.78 is 11.1. The molecule has 0 bridgehead atoms. The van der Waals surface area contributed by atoms with E-state index in [0.29, 0.717) is 30.5 Å². The molecular weight excluding hydrogens is 320 g/mol. The van der Waals surface area contributed by atoms with Crippen LogP contribution >= 0.6 is 0 Å². The zero-order chi connectivity index (χ0) is 17.4. The standard InChI is InChI=1S/C18H22N4O3/c1-3-14-17(23)20-13-7-6-12(8-15(13)24-14)10(2)19-9-16-21-18(25-22-16)11-4-5-11/h6-8,10-11,14,19H,3-5,9H2,1-2H3,(H,20,23)/t10-,14-/m1/s1. The van der Waals surface area contributed by atoms with Gasteiger partial charge in [-0.25, -0.2) is 0 Å². The molecular formula is C18H22N4O3. The van der Waals surface area contributed by atoms with Crippen molar-refractivity contribution in [2.24, 2.45) is 0 Å². The summed E-state index contributed by atoms with van der Waals surface area (Å²) >= 11 is 0. The van der Waals surface area contributed by atoms with Gasteiger partial charge in [-0.3, -0.25) is 4.79 Å². The number of nitrogens with one attached hydrogen (secondary N) is 2. The molecule has 0 unspecified atom stereocenters. The Bertz CT molecular complexity index is 784. The summed E-state index contributed by atoms with van der Waals surface area (Å²) in [6.45, 7) is 4.55. The van der Waals surface area contributed by atoms with Crippen LogP contribution in [0.5, 0.6) is 5.75 Å². The van der Waals surface area contributed by atoms with Crippen molar-refractivity contribution in [3.63, 3.8) is 0 Å². The molecule has 7 heteroatoms. The van der Waals surface area contributed by atoms with Crippen LogP contribution in [0.15, 0.2) is 22.7 Å². The number of fused-ring (bicyclic) bond motifs is 1. The number of hydrogen-bond donors (Lipinski definition) is 2. The summed E-state index contributed by atoms with van der Waals surface area (Å²) in [5, 5.41) is 10.3. The van der Waals surface area contributed by atoms with Gasteiger partial charge in [-0.2, -0.15) is 4.98 Å². The molecule has 2 aromatic rings. The van der Waals surface area contributed by atoms with Crippen LogP contribution in [0.1, 0.15) is 62.3 Å². The fraction of sp³-hybridized carbons (Fsp3) is 0.500. The van der Waals surface area contributed by atoms with Gasteiger partial charge in [0.05, 0.1) is 12.2 Å². The number of hydrogen-bond acceptors (Lipinski definition) is 6. The quantitative estimate of drug-likeness (QED) is 0.839. The van der Waals surface area contributed by atoms with Crippen molar-refractivity contribution >= 4 is 11.6 Å². The highest BCUT2D eigenvalue weighted by Gasteiger charge is 2.29. The number of rotatable bonds is 6. The molecule has 2 N–H and O–H groups in total. The van der Waals surface area contributed by atoms with E-state index in [2.05, 4.69) is 27.7 Å². The molecule has 1 amide bonds. The molecule has 2 atom stereocenters. The molecule has 0 saturated heterocycles. The summed E-state index contributed by atoms with van der Waals surface area (Å²) in [4.78, 5) is 16.3. The maximum absolute atomic E-state index is 11.8. The van der Waals surface area contributed by atoms with Gasteiger partial charge in [0.25, 0.3) is 5.91 Å². The lowest BCUT2D eigenvalue weighted by Crippen LogP contribution is -2.36. The van der Waals surface area contributed by atoms with Gasteiger partial charge < -0.3 is 19.9 Å². The van der Waals surface area contributed by atoms with Gasteiger partial charge in [-0.15, -0.1) is 0 Å². The predicted molar refractivity (Wildman–Crippen MR) is 91.3 cm³/mol. The largest absolute Gasteiger partial charge is 0.478 e. The second-order valence-corrected chi connectivity index (χ2v) is 6.69. The first-order chi connectivity index (χ1) is 12.1. The van der Waals surface area contributed by atoms with E-state index < -0.39 is 6.10 Å². The lowest BCUT2D eigenvalue weighted by atomic mass is 10.1. The number of anilines is 1. The van der Waals surface area contributed by atoms with Crippen molar-refractivity contribution in [2.45, 2.75) is 57.7 Å². The van der Waals surface area contributed by atoms with E-state index in [4.69, 9.17) is 9.26 Å². The van der Waals surface area contributed by atoms with Crippen molar-refractivity contribution in [3.8, 4) is 5.75 Å². The number of nitrogens with zero attached hydrogens (tertiary/aromatic N) is 2. The maximum Gasteiger partial charge on any atom is 0.265 e. The van der Waals surface area contributed by atoms with Gasteiger partial charge in [0, 0.05) is 12.0 Å². The highest BCUT2D eigenvalue weighted by molar-refractivity contribution is 5.97. The van der Waals surface area contributed by atoms with Crippen LogP contribution in [0.2, 0.25) is 0 Å². The molecule has 1 aliphatic heterocycles. The van der Waals surface area contributed by atoms with E-state index in [-0.39, 0.29) is 11.9 Å². The lowest BCUT2D eigenvalue weighted by molar-refractivity contribution is -0.123. The van der Waals surface area contributed by atoms with E-state index >= 15 is 0 Å². The summed E-state index contributed by atoms with van der Waals surface area (Å²) in [5.41, 5.74) is 1.80. The van der Waals surface area contributed by atoms with Crippen molar-refractivity contribution in [3.05, 3.63) is 35.5 Å². The van der Waals surface area contributed by atoms with Gasteiger partial charge in [0.1, 0.15) is 5.75 Å². The number of amides is 1. The van der Waals surface area contributed by atoms with E-state index in [1.165, 1.54) is 0 Å². The molecule has 4 rings (SSSR count). The van der Waals surface area contributed by atoms with Crippen LogP contribution in [0.4, 0.5) is 5.69 Å². The fourth-order valence-electron chi connectivity index (χ4n) is 2.90. The van der Waals surface area contributed by atoms with Crippen LogP contribution in [0, 0.1) is 0 Å². The SMILES string of the molecule is CC[C@H]1Oc2cc([C@@H](C)NCc3noc(C4CC4)n3)ccc2NC1=O. The summed E-state index contributed by atoms with van der Waals surface area (Å²) in [6, 6.07) is 5.93. The number of benzene rings is 1. The normalized spacial score (nSPS) is 20.6. The van der Waals surface area contributed by atoms with Gasteiger partial charge in [0.15, 0.2) is 11.9 Å². The monoisotopic (exact) mass is 342 g/mol. The first-order valence-corrected chi connectivity index (χ1v) is 8.81. The molecule has 1 aromatic heterocycles. The number of carbonyl (C=O) groups excluding carboxylic acids is 1. The Labute approximate surface area is 146 Å². The van der Waals surface area contributed by atoms with Gasteiger partial charge >= 0.3 is 0 Å². The Kier molecular flexibility index (Phi) is 4.17. The van der Waals surface area contributed by atoms with E-state index in [0.717, 1.165) is 30.0 Å². The molecule has 1 fully saturated rings. The van der Waals surface area contributed by atoms with Crippen molar-refractivity contribution in [1.82, 2.24) is 15.5 Å². The molecule has 2 heterocycles. The Morgan fingerprint density at radius 3 is 3.00 bits per heavy atom. The molecule has 1 aromatic carbocycles. The molecule has 0 spiro atoms. The van der Waals surface area contributed by atoms with Crippen LogP contribution in [-0.4, -0.2) is 22.2 Å². The minimum Gasteiger partial charge on any atom is -0.478 e. The Hall–Kier alpha value is -2.41. The second-order valence-electron chi connectivity index (χ2n) is 6.69. The second kappa shape index (κ2) is 6.48. The molecule has 132 valence electrons. The average Bonchev–Trinajstić information content (AvgIpc) is 3.37. The first kappa shape index (κ1) is 16.1. The number of ether oxygens (including phenoxy) is 1. The lowest BCUT2D eigenvalue weighted by Gasteiger charge is -2.26. The highest BCUT2D eigenvalue weighted by atomic mass is 16.5. The topological polar surface area (TPSA) is 89.3 Å². The Morgan fingerprint density at radius 1 is 1.40 bits per heavy atom. The molecule has 2 aliphatic rings. The number of aromatic nitrogens is 2. The highest BCUT2D eigenvalue weighted by Crippen LogP contribution is 2.38. The minimum atomic E-state index is -0.425. The Balaban J connectivity index is 1.41. The molecule has 7 nitrogen and oxygen atoms in total. The van der Waals surface area contributed by atoms with E-state index in [1.54, 1.807) is 0 Å². The zero-order valence-corrected chi connectivity index (χ0v) is 14.4. The maximum atomic E-state index is 11.8. The third-order valence-corrected chi connectivity index (χ3v) is 4.67. The van der Waals surface area contributed by atoms with Crippen LogP contribution in [0.25, 0.3) is 0 Å². The number of carbonyl (C=O) groups is 1. The van der Waals surface area contributed by atoms with Gasteiger partial charge in [-0.1, -0.05) is 18.1 Å². The molecule has 0 radical (unpaired) electrons. The predicted octanol–water partition coefficient (Wildman–Crippen LogP) is 2.91. The third-order valence-electron chi connectivity index (χ3n) is 4.67. The van der Waals surface area contributed by atoms with Crippen molar-refractivity contribution in [2.75, 3.05) is 5.32 Å². The van der Waals surface area contributed by atoms with E-state index in [9.17, 15) is 4.79 Å². The zero-order valence-electron chi connectivity index (χ0n) is 14.4. The smallest absolute Gasteiger partial charge is 0.265 e. The fourth-order valence-corrected chi connectivity index (χ4v) is 2.90. The molecule has 1 saturated carbocycles. The van der Waals surface area contributed by atoms with Crippen molar-refractivity contribution < 1.29 is 14.1 Å². The summed E-state index contributed by atoms with van der Waals surface area (Å²) in [5.74, 6) is 2.54. The minimum absolute atomic E-state index is 0.0857. The van der Waals surface area contributed by atoms with Crippen LogP contribution in [0.3, 0.4) is 0 Å². The molecule has 25 heavy (non-hydrogen) atoms. The van der Waals surface area contributed by atoms with E-state index in [1.807, 2.05) is 25.1 Å². The van der Waals surface area contributed by atoms with Gasteiger partial charge in [0.2, 0.25) is 5.89 Å². The van der Waals surface area contributed by atoms with Crippen LogP contribution in [-0.2, 0) is 11.3 Å². The third kappa shape index (κ3) is 3.37. The van der Waals surface area contributed by atoms with Crippen LogP contribution < -0.4 is 15.4 Å². The average molecular weight is 342 g/mol. The molecule has 1 aliphatic carbocycles. The summed E-state index contributed by atoms with van der Waals surface area (Å²) in [7, 11) is 0. The first-order valence-electron chi connectivity index (χ1n) is 8.81. The van der Waals surface area contributed by atoms with Crippen molar-refractivity contribution in [1.29, 1.82) is 0 Å².